The van der Waals surface area contributed by atoms with E-state index < -0.39 is 5.41 Å². The van der Waals surface area contributed by atoms with Crippen LogP contribution in [0.1, 0.15) is 22.3 Å². The van der Waals surface area contributed by atoms with Gasteiger partial charge in [0, 0.05) is 27.5 Å². The van der Waals surface area contributed by atoms with Crippen LogP contribution in [0.25, 0.3) is 89.5 Å². The lowest BCUT2D eigenvalue weighted by Crippen LogP contribution is -2.28. The van der Waals surface area contributed by atoms with Gasteiger partial charge in [-0.3, -0.25) is 0 Å². The molecule has 4 nitrogen and oxygen atoms in total. The first-order valence-electron chi connectivity index (χ1n) is 21.0. The maximum atomic E-state index is 6.72. The first-order chi connectivity index (χ1) is 30.7. The lowest BCUT2D eigenvalue weighted by molar-refractivity contribution is 0.668. The van der Waals surface area contributed by atoms with Crippen LogP contribution < -0.4 is 0 Å². The van der Waals surface area contributed by atoms with Gasteiger partial charge in [-0.25, -0.2) is 15.0 Å². The molecule has 0 radical (unpaired) electrons. The van der Waals surface area contributed by atoms with Crippen molar-refractivity contribution in [3.63, 3.8) is 0 Å². The third-order valence-electron chi connectivity index (χ3n) is 12.4. The van der Waals surface area contributed by atoms with Gasteiger partial charge in [0.2, 0.25) is 0 Å². The molecule has 4 heteroatoms. The van der Waals surface area contributed by atoms with Crippen molar-refractivity contribution in [3.05, 3.63) is 247 Å². The van der Waals surface area contributed by atoms with Crippen LogP contribution in [0, 0.1) is 0 Å². The van der Waals surface area contributed by atoms with Gasteiger partial charge >= 0.3 is 0 Å². The molecule has 0 unspecified atom stereocenters. The maximum Gasteiger partial charge on any atom is 0.164 e. The van der Waals surface area contributed by atoms with Gasteiger partial charge in [0.25, 0.3) is 0 Å². The summed E-state index contributed by atoms with van der Waals surface area (Å²) in [5, 5.41) is 1.96. The molecule has 9 aromatic carbocycles. The van der Waals surface area contributed by atoms with Gasteiger partial charge in [0.15, 0.2) is 17.5 Å². The summed E-state index contributed by atoms with van der Waals surface area (Å²) in [4.78, 5) is 15.3. The van der Waals surface area contributed by atoms with Crippen molar-refractivity contribution in [2.45, 2.75) is 5.41 Å². The van der Waals surface area contributed by atoms with Crippen LogP contribution in [0.2, 0.25) is 0 Å². The monoisotopic (exact) mass is 791 g/mol. The Balaban J connectivity index is 1.15. The van der Waals surface area contributed by atoms with E-state index in [1.165, 1.54) is 50.1 Å². The molecule has 0 spiro atoms. The summed E-state index contributed by atoms with van der Waals surface area (Å²) in [6.45, 7) is 0. The van der Waals surface area contributed by atoms with Gasteiger partial charge in [-0.05, 0) is 92.0 Å². The minimum Gasteiger partial charge on any atom is -0.456 e. The maximum absolute atomic E-state index is 6.72. The zero-order chi connectivity index (χ0) is 41.0. The molecule has 0 aliphatic heterocycles. The fraction of sp³-hybridized carbons (Fsp3) is 0.0172. The van der Waals surface area contributed by atoms with E-state index in [1.54, 1.807) is 0 Å². The molecule has 11 aromatic rings. The Kier molecular flexibility index (Phi) is 8.36. The van der Waals surface area contributed by atoms with Gasteiger partial charge < -0.3 is 4.42 Å². The Morgan fingerprint density at radius 3 is 1.32 bits per heavy atom. The van der Waals surface area contributed by atoms with Crippen molar-refractivity contribution < 1.29 is 4.42 Å². The predicted molar refractivity (Wildman–Crippen MR) is 252 cm³/mol. The fourth-order valence-electron chi connectivity index (χ4n) is 9.64. The molecule has 0 saturated heterocycles. The number of furan rings is 1. The number of hydrogen-bond donors (Lipinski definition) is 0. The summed E-state index contributed by atoms with van der Waals surface area (Å²) in [6, 6.07) is 79.6. The summed E-state index contributed by atoms with van der Waals surface area (Å²) >= 11 is 0. The zero-order valence-corrected chi connectivity index (χ0v) is 33.6. The van der Waals surface area contributed by atoms with Crippen LogP contribution in [0.3, 0.4) is 0 Å². The number of rotatable bonds is 7. The van der Waals surface area contributed by atoms with E-state index >= 15 is 0 Å². The summed E-state index contributed by atoms with van der Waals surface area (Å²) in [7, 11) is 0. The Hall–Kier alpha value is -8.21. The van der Waals surface area contributed by atoms with Crippen molar-refractivity contribution >= 4 is 21.9 Å². The van der Waals surface area contributed by atoms with Gasteiger partial charge in [-0.1, -0.05) is 188 Å². The number of fused-ring (bicyclic) bond motifs is 6. The van der Waals surface area contributed by atoms with Crippen LogP contribution in [0.4, 0.5) is 0 Å². The van der Waals surface area contributed by atoms with Crippen LogP contribution in [-0.2, 0) is 5.41 Å². The van der Waals surface area contributed by atoms with E-state index in [-0.39, 0.29) is 0 Å². The highest BCUT2D eigenvalue weighted by Crippen LogP contribution is 2.57. The molecule has 0 atom stereocenters. The zero-order valence-electron chi connectivity index (χ0n) is 33.6. The second kappa shape index (κ2) is 14.5. The number of nitrogens with zero attached hydrogens (tertiary/aromatic N) is 3. The van der Waals surface area contributed by atoms with Crippen molar-refractivity contribution in [2.75, 3.05) is 0 Å². The molecule has 1 aliphatic rings. The number of benzene rings is 9. The summed E-state index contributed by atoms with van der Waals surface area (Å²) < 4.78 is 6.72. The minimum absolute atomic E-state index is 0.589. The lowest BCUT2D eigenvalue weighted by atomic mass is 9.66. The summed E-state index contributed by atoms with van der Waals surface area (Å²) in [5.74, 6) is 1.82. The third-order valence-corrected chi connectivity index (χ3v) is 12.4. The van der Waals surface area contributed by atoms with Crippen molar-refractivity contribution in [1.29, 1.82) is 0 Å². The van der Waals surface area contributed by atoms with E-state index in [1.807, 2.05) is 72.8 Å². The molecular weight excluding hydrogens is 755 g/mol. The van der Waals surface area contributed by atoms with E-state index in [2.05, 4.69) is 152 Å². The molecule has 0 N–H and O–H groups in total. The molecule has 0 amide bonds. The van der Waals surface area contributed by atoms with Gasteiger partial charge in [-0.15, -0.1) is 0 Å². The van der Waals surface area contributed by atoms with E-state index in [4.69, 9.17) is 19.4 Å². The average Bonchev–Trinajstić information content (AvgIpc) is 3.88. The lowest BCUT2D eigenvalue weighted by Gasteiger charge is -2.34. The van der Waals surface area contributed by atoms with Crippen LogP contribution in [0.5, 0.6) is 0 Å². The minimum atomic E-state index is -0.678. The molecule has 1 aliphatic carbocycles. The smallest absolute Gasteiger partial charge is 0.164 e. The van der Waals surface area contributed by atoms with Gasteiger partial charge in [0.1, 0.15) is 11.2 Å². The second-order valence-electron chi connectivity index (χ2n) is 15.9. The highest BCUT2D eigenvalue weighted by molar-refractivity contribution is 6.12. The Morgan fingerprint density at radius 1 is 0.306 bits per heavy atom. The largest absolute Gasteiger partial charge is 0.456 e. The SMILES string of the molecule is c1ccc(-c2cc(-c3ccccc3)cc(C3(c4ccc5oc6cccc(-c7nc(-c8ccccc8)nc(-c8ccccc8)n7)c6c5c4)c4ccccc4-c4ccccc43)c2)cc1. The Bertz CT molecular complexity index is 3290. The third kappa shape index (κ3) is 5.72. The highest BCUT2D eigenvalue weighted by atomic mass is 16.3. The first kappa shape index (κ1) is 35.7. The summed E-state index contributed by atoms with van der Waals surface area (Å²) in [5.41, 5.74) is 15.6. The van der Waals surface area contributed by atoms with Crippen LogP contribution in [-0.4, -0.2) is 15.0 Å². The fourth-order valence-corrected chi connectivity index (χ4v) is 9.64. The van der Waals surface area contributed by atoms with Crippen molar-refractivity contribution in [3.8, 4) is 67.5 Å². The van der Waals surface area contributed by atoms with Crippen LogP contribution >= 0.6 is 0 Å². The van der Waals surface area contributed by atoms with E-state index in [0.29, 0.717) is 17.5 Å². The second-order valence-corrected chi connectivity index (χ2v) is 15.9. The molecule has 2 heterocycles. The van der Waals surface area contributed by atoms with Gasteiger partial charge in [0.05, 0.1) is 5.41 Å². The van der Waals surface area contributed by atoms with Crippen LogP contribution in [0.15, 0.2) is 229 Å². The molecule has 0 saturated carbocycles. The van der Waals surface area contributed by atoms with Crippen molar-refractivity contribution in [2.24, 2.45) is 0 Å². The van der Waals surface area contributed by atoms with E-state index in [9.17, 15) is 0 Å². The predicted octanol–water partition coefficient (Wildman–Crippen LogP) is 14.5. The first-order valence-corrected chi connectivity index (χ1v) is 21.0. The molecule has 62 heavy (non-hydrogen) atoms. The summed E-state index contributed by atoms with van der Waals surface area (Å²) in [6.07, 6.45) is 0. The Labute approximate surface area is 359 Å². The average molecular weight is 792 g/mol. The van der Waals surface area contributed by atoms with E-state index in [0.717, 1.165) is 44.2 Å². The quantitative estimate of drug-likeness (QED) is 0.161. The molecule has 0 fully saturated rings. The Morgan fingerprint density at radius 2 is 0.774 bits per heavy atom. The standard InChI is InChI=1S/C58H37N3O/c1-5-18-38(19-6-1)42-34-43(39-20-7-2-8-21-39)36-45(35-42)58(50-29-15-13-26-46(50)47-27-14-16-30-51(47)58)44-32-33-52-49(37-44)54-48(28-17-31-53(54)62-52)57-60-55(40-22-9-3-10-23-40)59-56(61-57)41-24-11-4-12-25-41/h1-37H. The molecule has 2 aromatic heterocycles. The molecular formula is C58H37N3O. The number of hydrogen-bond acceptors (Lipinski definition) is 4. The van der Waals surface area contributed by atoms with Gasteiger partial charge in [-0.2, -0.15) is 0 Å². The number of aromatic nitrogens is 3. The topological polar surface area (TPSA) is 51.8 Å². The molecule has 290 valence electrons. The molecule has 0 bridgehead atoms. The van der Waals surface area contributed by atoms with Crippen molar-refractivity contribution in [1.82, 2.24) is 15.0 Å². The normalized spacial score (nSPS) is 12.6. The molecule has 12 rings (SSSR count). The highest BCUT2D eigenvalue weighted by Gasteiger charge is 2.46.